The number of para-hydroxylation sites is 1. The molecular weight excluding hydrogens is 392 g/mol. The maximum atomic E-state index is 12.3. The van der Waals surface area contributed by atoms with Crippen molar-refractivity contribution in [2.75, 3.05) is 11.1 Å². The molecular formula is C18H15F2N3O2S2. The first kappa shape index (κ1) is 19.4. The molecule has 1 aromatic heterocycles. The minimum Gasteiger partial charge on any atom is -0.325 e. The number of aromatic nitrogens is 2. The zero-order valence-corrected chi connectivity index (χ0v) is 15.8. The van der Waals surface area contributed by atoms with Gasteiger partial charge >= 0.3 is 0 Å². The lowest BCUT2D eigenvalue weighted by molar-refractivity contribution is -0.113. The van der Waals surface area contributed by atoms with Crippen molar-refractivity contribution < 1.29 is 13.6 Å². The summed E-state index contributed by atoms with van der Waals surface area (Å²) < 4.78 is 26.0. The van der Waals surface area contributed by atoms with Crippen LogP contribution in [0.2, 0.25) is 0 Å². The van der Waals surface area contributed by atoms with Crippen molar-refractivity contribution >= 4 is 46.0 Å². The fraction of sp³-hybridized carbons (Fsp3) is 0.167. The molecule has 0 bridgehead atoms. The van der Waals surface area contributed by atoms with E-state index in [0.29, 0.717) is 38.4 Å². The Morgan fingerprint density at radius 1 is 1.19 bits per heavy atom. The molecule has 0 aliphatic heterocycles. The van der Waals surface area contributed by atoms with Crippen molar-refractivity contribution in [2.45, 2.75) is 15.8 Å². The smallest absolute Gasteiger partial charge is 0.288 e. The molecule has 0 aliphatic rings. The van der Waals surface area contributed by atoms with Gasteiger partial charge in [0.1, 0.15) is 0 Å². The van der Waals surface area contributed by atoms with E-state index in [1.165, 1.54) is 16.7 Å². The molecule has 1 heterocycles. The molecule has 0 atom stereocenters. The maximum absolute atomic E-state index is 12.3. The van der Waals surface area contributed by atoms with Gasteiger partial charge in [-0.15, -0.1) is 0 Å². The Bertz CT molecular complexity index is 1020. The Kier molecular flexibility index (Phi) is 6.12. The number of carbonyl (C=O) groups excluding carboxylic acids is 1. The number of anilines is 1. The molecule has 1 amide bonds. The van der Waals surface area contributed by atoms with Gasteiger partial charge in [-0.25, -0.2) is 4.98 Å². The van der Waals surface area contributed by atoms with E-state index in [9.17, 15) is 18.4 Å². The van der Waals surface area contributed by atoms with Crippen LogP contribution in [-0.2, 0) is 11.8 Å². The van der Waals surface area contributed by atoms with Gasteiger partial charge < -0.3 is 5.32 Å². The molecule has 0 unspecified atom stereocenters. The molecule has 0 radical (unpaired) electrons. The number of halogens is 2. The lowest BCUT2D eigenvalue weighted by atomic mass is 10.2. The van der Waals surface area contributed by atoms with Gasteiger partial charge in [-0.1, -0.05) is 35.7 Å². The number of carbonyl (C=O) groups is 1. The van der Waals surface area contributed by atoms with E-state index >= 15 is 0 Å². The zero-order valence-electron chi connectivity index (χ0n) is 14.2. The first-order valence-electron chi connectivity index (χ1n) is 7.87. The third kappa shape index (κ3) is 4.86. The van der Waals surface area contributed by atoms with Crippen LogP contribution in [0, 0.1) is 0 Å². The van der Waals surface area contributed by atoms with Gasteiger partial charge in [0.2, 0.25) is 5.91 Å². The molecule has 0 fully saturated rings. The predicted octanol–water partition coefficient (Wildman–Crippen LogP) is 3.98. The maximum Gasteiger partial charge on any atom is 0.288 e. The van der Waals surface area contributed by atoms with Crippen molar-refractivity contribution in [3.63, 3.8) is 0 Å². The van der Waals surface area contributed by atoms with Crippen LogP contribution < -0.4 is 10.9 Å². The van der Waals surface area contributed by atoms with Crippen LogP contribution in [0.5, 0.6) is 0 Å². The second-order valence-corrected chi connectivity index (χ2v) is 7.52. The molecule has 27 heavy (non-hydrogen) atoms. The van der Waals surface area contributed by atoms with Crippen molar-refractivity contribution in [2.24, 2.45) is 7.05 Å². The quantitative estimate of drug-likeness (QED) is 0.495. The first-order chi connectivity index (χ1) is 12.9. The average Bonchev–Trinajstić information content (AvgIpc) is 2.65. The van der Waals surface area contributed by atoms with E-state index in [1.807, 2.05) is 0 Å². The third-order valence-corrected chi connectivity index (χ3v) is 5.39. The lowest BCUT2D eigenvalue weighted by Gasteiger charge is -2.09. The number of nitrogens with zero attached hydrogens (tertiary/aromatic N) is 2. The molecule has 0 spiro atoms. The summed E-state index contributed by atoms with van der Waals surface area (Å²) in [5.74, 6) is -2.70. The molecule has 2 aromatic carbocycles. The summed E-state index contributed by atoms with van der Waals surface area (Å²) in [6, 6.07) is 13.2. The van der Waals surface area contributed by atoms with Crippen LogP contribution in [-0.4, -0.2) is 27.0 Å². The topological polar surface area (TPSA) is 64.0 Å². The van der Waals surface area contributed by atoms with E-state index in [0.717, 1.165) is 11.8 Å². The highest BCUT2D eigenvalue weighted by Crippen LogP contribution is 2.26. The molecule has 0 saturated carbocycles. The molecule has 3 rings (SSSR count). The van der Waals surface area contributed by atoms with Gasteiger partial charge in [-0.3, -0.25) is 14.2 Å². The Balaban J connectivity index is 1.65. The highest BCUT2D eigenvalue weighted by molar-refractivity contribution is 8.00. The van der Waals surface area contributed by atoms with E-state index in [1.54, 1.807) is 43.4 Å². The van der Waals surface area contributed by atoms with Crippen LogP contribution in [0.15, 0.2) is 63.4 Å². The largest absolute Gasteiger partial charge is 0.325 e. The zero-order chi connectivity index (χ0) is 19.4. The van der Waals surface area contributed by atoms with Gasteiger partial charge in [0, 0.05) is 17.6 Å². The second-order valence-electron chi connectivity index (χ2n) is 5.52. The number of alkyl halides is 2. The number of nitrogens with one attached hydrogen (secondary N) is 1. The number of amides is 1. The van der Waals surface area contributed by atoms with Crippen molar-refractivity contribution in [3.05, 3.63) is 58.9 Å². The van der Waals surface area contributed by atoms with E-state index < -0.39 is 5.76 Å². The molecule has 5 nitrogen and oxygen atoms in total. The Hall–Kier alpha value is -2.39. The summed E-state index contributed by atoms with van der Waals surface area (Å²) in [7, 11) is 1.61. The highest BCUT2D eigenvalue weighted by atomic mass is 32.2. The molecule has 1 N–H and O–H groups in total. The van der Waals surface area contributed by atoms with E-state index in [4.69, 9.17) is 0 Å². The van der Waals surface area contributed by atoms with Crippen LogP contribution in [0.4, 0.5) is 14.5 Å². The summed E-state index contributed by atoms with van der Waals surface area (Å²) in [5, 5.41) is 3.66. The number of benzene rings is 2. The fourth-order valence-electron chi connectivity index (χ4n) is 2.37. The van der Waals surface area contributed by atoms with Crippen LogP contribution in [0.1, 0.15) is 0 Å². The average molecular weight is 407 g/mol. The first-order valence-corrected chi connectivity index (χ1v) is 9.74. The summed E-state index contributed by atoms with van der Waals surface area (Å²) in [6.07, 6.45) is 0. The summed E-state index contributed by atoms with van der Waals surface area (Å²) in [6.45, 7) is 0. The summed E-state index contributed by atoms with van der Waals surface area (Å²) in [5.41, 5.74) is 0.922. The number of hydrogen-bond acceptors (Lipinski definition) is 5. The SMILES string of the molecule is Cn1c(SCC(=O)Nc2ccc(SC(F)F)cc2)nc2ccccc2c1=O. The lowest BCUT2D eigenvalue weighted by Crippen LogP contribution is -2.21. The van der Waals surface area contributed by atoms with Gasteiger partial charge in [-0.05, 0) is 36.4 Å². The highest BCUT2D eigenvalue weighted by Gasteiger charge is 2.11. The molecule has 0 saturated heterocycles. The number of hydrogen-bond donors (Lipinski definition) is 1. The van der Waals surface area contributed by atoms with Crippen molar-refractivity contribution in [3.8, 4) is 0 Å². The molecule has 140 valence electrons. The van der Waals surface area contributed by atoms with Crippen LogP contribution in [0.3, 0.4) is 0 Å². The van der Waals surface area contributed by atoms with Crippen LogP contribution >= 0.6 is 23.5 Å². The van der Waals surface area contributed by atoms with Gasteiger partial charge in [0.05, 0.1) is 16.7 Å². The number of thioether (sulfide) groups is 2. The van der Waals surface area contributed by atoms with E-state index in [2.05, 4.69) is 10.3 Å². The standard InChI is InChI=1S/C18H15F2N3O2S2/c1-23-16(25)13-4-2-3-5-14(13)22-18(23)26-10-15(24)21-11-6-8-12(9-7-11)27-17(19)20/h2-9,17H,10H2,1H3,(H,21,24). The fourth-order valence-corrected chi connectivity index (χ4v) is 3.64. The molecule has 9 heteroatoms. The normalized spacial score (nSPS) is 11.1. The van der Waals surface area contributed by atoms with Crippen LogP contribution in [0.25, 0.3) is 10.9 Å². The molecule has 3 aromatic rings. The van der Waals surface area contributed by atoms with Crippen molar-refractivity contribution in [1.82, 2.24) is 9.55 Å². The Morgan fingerprint density at radius 2 is 1.89 bits per heavy atom. The number of fused-ring (bicyclic) bond motifs is 1. The Morgan fingerprint density at radius 3 is 2.59 bits per heavy atom. The van der Waals surface area contributed by atoms with Gasteiger partial charge in [-0.2, -0.15) is 8.78 Å². The van der Waals surface area contributed by atoms with E-state index in [-0.39, 0.29) is 17.2 Å². The summed E-state index contributed by atoms with van der Waals surface area (Å²) in [4.78, 5) is 29.3. The summed E-state index contributed by atoms with van der Waals surface area (Å²) >= 11 is 1.60. The second kappa shape index (κ2) is 8.53. The molecule has 0 aliphatic carbocycles. The van der Waals surface area contributed by atoms with Crippen molar-refractivity contribution in [1.29, 1.82) is 0 Å². The third-order valence-electron chi connectivity index (χ3n) is 3.64. The van der Waals surface area contributed by atoms with Gasteiger partial charge in [0.15, 0.2) is 5.16 Å². The number of rotatable bonds is 6. The minimum absolute atomic E-state index is 0.0617. The minimum atomic E-state index is -2.48. The Labute approximate surface area is 162 Å². The predicted molar refractivity (Wildman–Crippen MR) is 105 cm³/mol. The monoisotopic (exact) mass is 407 g/mol. The van der Waals surface area contributed by atoms with Gasteiger partial charge in [0.25, 0.3) is 11.3 Å².